The van der Waals surface area contributed by atoms with E-state index in [9.17, 15) is 15.0 Å². The third kappa shape index (κ3) is 1.14. The zero-order valence-corrected chi connectivity index (χ0v) is 13.2. The SMILES string of the molecule is CN1CC[C@]23c4c5ccc(O)c4O[C@@]2(C)C(=O)C=C[C@@]3(O)[C@H]1C5. The molecule has 0 saturated carbocycles. The second kappa shape index (κ2) is 3.62. The number of aliphatic hydroxyl groups is 1. The molecule has 1 spiro atoms. The number of ketones is 1. The summed E-state index contributed by atoms with van der Waals surface area (Å²) in [5.41, 5.74) is -1.28. The van der Waals surface area contributed by atoms with Crippen LogP contribution in [0.15, 0.2) is 24.3 Å². The Morgan fingerprint density at radius 2 is 2.17 bits per heavy atom. The second-order valence-electron chi connectivity index (χ2n) is 7.46. The third-order valence-electron chi connectivity index (χ3n) is 6.71. The number of phenolic OH excluding ortho intramolecular Hbond substituents is 1. The molecule has 5 rings (SSSR count). The average molecular weight is 313 g/mol. The van der Waals surface area contributed by atoms with Crippen LogP contribution in [0.3, 0.4) is 0 Å². The summed E-state index contributed by atoms with van der Waals surface area (Å²) in [6.07, 6.45) is 4.42. The van der Waals surface area contributed by atoms with Gasteiger partial charge in [0.25, 0.3) is 0 Å². The maximum atomic E-state index is 12.8. The van der Waals surface area contributed by atoms with Crippen molar-refractivity contribution < 1.29 is 19.7 Å². The van der Waals surface area contributed by atoms with Gasteiger partial charge in [-0.05, 0) is 57.1 Å². The summed E-state index contributed by atoms with van der Waals surface area (Å²) < 4.78 is 6.08. The minimum atomic E-state index is -1.17. The van der Waals surface area contributed by atoms with Crippen molar-refractivity contribution in [1.29, 1.82) is 0 Å². The van der Waals surface area contributed by atoms with Crippen LogP contribution in [0.25, 0.3) is 0 Å². The van der Waals surface area contributed by atoms with Gasteiger partial charge in [0, 0.05) is 11.6 Å². The average Bonchev–Trinajstić information content (AvgIpc) is 2.79. The van der Waals surface area contributed by atoms with E-state index in [1.54, 1.807) is 19.1 Å². The number of hydrogen-bond acceptors (Lipinski definition) is 5. The fourth-order valence-electron chi connectivity index (χ4n) is 5.55. The predicted octanol–water partition coefficient (Wildman–Crippen LogP) is 0.911. The lowest BCUT2D eigenvalue weighted by molar-refractivity contribution is -0.172. The molecule has 1 aromatic rings. The van der Waals surface area contributed by atoms with Gasteiger partial charge in [0.05, 0.1) is 5.41 Å². The van der Waals surface area contributed by atoms with Gasteiger partial charge in [0.15, 0.2) is 22.9 Å². The fourth-order valence-corrected chi connectivity index (χ4v) is 5.55. The fraction of sp³-hybridized carbons (Fsp3) is 0.500. The molecule has 1 fully saturated rings. The molecule has 0 amide bonds. The zero-order chi connectivity index (χ0) is 16.2. The summed E-state index contributed by atoms with van der Waals surface area (Å²) in [4.78, 5) is 14.9. The van der Waals surface area contributed by atoms with Crippen LogP contribution < -0.4 is 4.74 Å². The Bertz CT molecular complexity index is 802. The molecule has 4 atom stereocenters. The molecule has 2 N–H and O–H groups in total. The van der Waals surface area contributed by atoms with E-state index in [-0.39, 0.29) is 17.6 Å². The lowest BCUT2D eigenvalue weighted by atomic mass is 9.47. The van der Waals surface area contributed by atoms with Crippen molar-refractivity contribution in [3.63, 3.8) is 0 Å². The minimum Gasteiger partial charge on any atom is -0.504 e. The summed E-state index contributed by atoms with van der Waals surface area (Å²) in [6.45, 7) is 2.54. The maximum Gasteiger partial charge on any atom is 0.199 e. The Balaban J connectivity index is 1.95. The van der Waals surface area contributed by atoms with Crippen molar-refractivity contribution in [2.45, 2.75) is 42.4 Å². The van der Waals surface area contributed by atoms with Gasteiger partial charge in [-0.3, -0.25) is 9.69 Å². The number of phenols is 1. The topological polar surface area (TPSA) is 70.0 Å². The normalized spacial score (nSPS) is 43.3. The highest BCUT2D eigenvalue weighted by Gasteiger charge is 2.76. The number of rotatable bonds is 0. The smallest absolute Gasteiger partial charge is 0.199 e. The molecule has 2 heterocycles. The van der Waals surface area contributed by atoms with Crippen LogP contribution in [0, 0.1) is 0 Å². The first-order chi connectivity index (χ1) is 10.8. The molecule has 4 aliphatic rings. The van der Waals surface area contributed by atoms with E-state index >= 15 is 0 Å². The van der Waals surface area contributed by atoms with E-state index in [1.165, 1.54) is 6.08 Å². The molecular weight excluding hydrogens is 294 g/mol. The van der Waals surface area contributed by atoms with Crippen LogP contribution >= 0.6 is 0 Å². The molecule has 120 valence electrons. The van der Waals surface area contributed by atoms with Gasteiger partial charge >= 0.3 is 0 Å². The van der Waals surface area contributed by atoms with Crippen LogP contribution in [0.5, 0.6) is 11.5 Å². The van der Waals surface area contributed by atoms with Crippen molar-refractivity contribution in [2.24, 2.45) is 0 Å². The zero-order valence-electron chi connectivity index (χ0n) is 13.2. The van der Waals surface area contributed by atoms with Gasteiger partial charge in [-0.1, -0.05) is 6.07 Å². The number of ether oxygens (including phenoxy) is 1. The number of likely N-dealkylation sites (N-methyl/N-ethyl adjacent to an activating group) is 1. The first-order valence-corrected chi connectivity index (χ1v) is 8.06. The summed E-state index contributed by atoms with van der Waals surface area (Å²) in [7, 11) is 2.01. The number of carbonyl (C=O) groups excluding carboxylic acids is 1. The number of hydrogen-bond donors (Lipinski definition) is 2. The van der Waals surface area contributed by atoms with Crippen molar-refractivity contribution in [3.05, 3.63) is 35.4 Å². The largest absolute Gasteiger partial charge is 0.504 e. The summed E-state index contributed by atoms with van der Waals surface area (Å²) in [6, 6.07) is 3.43. The Labute approximate surface area is 134 Å². The van der Waals surface area contributed by atoms with Crippen LogP contribution in [-0.2, 0) is 16.6 Å². The Morgan fingerprint density at radius 1 is 1.39 bits per heavy atom. The summed E-state index contributed by atoms with van der Waals surface area (Å²) in [5.74, 6) is 0.277. The highest BCUT2D eigenvalue weighted by atomic mass is 16.5. The van der Waals surface area contributed by atoms with E-state index in [4.69, 9.17) is 4.74 Å². The molecule has 2 bridgehead atoms. The number of piperidine rings is 1. The highest BCUT2D eigenvalue weighted by Crippen LogP contribution is 2.66. The van der Waals surface area contributed by atoms with Crippen molar-refractivity contribution in [2.75, 3.05) is 13.6 Å². The van der Waals surface area contributed by atoms with Gasteiger partial charge in [0.1, 0.15) is 5.60 Å². The first kappa shape index (κ1) is 13.6. The Kier molecular flexibility index (Phi) is 2.14. The van der Waals surface area contributed by atoms with Gasteiger partial charge in [-0.2, -0.15) is 0 Å². The lowest BCUT2D eigenvalue weighted by Crippen LogP contribution is -2.78. The van der Waals surface area contributed by atoms with E-state index in [2.05, 4.69) is 4.90 Å². The first-order valence-electron chi connectivity index (χ1n) is 8.06. The van der Waals surface area contributed by atoms with Gasteiger partial charge < -0.3 is 14.9 Å². The van der Waals surface area contributed by atoms with Crippen molar-refractivity contribution in [1.82, 2.24) is 4.90 Å². The van der Waals surface area contributed by atoms with Crippen molar-refractivity contribution in [3.8, 4) is 11.5 Å². The predicted molar refractivity (Wildman–Crippen MR) is 82.7 cm³/mol. The number of likely N-dealkylation sites (tertiary alicyclic amines) is 1. The third-order valence-corrected chi connectivity index (χ3v) is 6.71. The quantitative estimate of drug-likeness (QED) is 0.745. The molecule has 0 unspecified atom stereocenters. The molecule has 5 heteroatoms. The molecule has 5 nitrogen and oxygen atoms in total. The molecule has 0 aromatic heterocycles. The van der Waals surface area contributed by atoms with Gasteiger partial charge in [-0.25, -0.2) is 0 Å². The van der Waals surface area contributed by atoms with Gasteiger partial charge in [-0.15, -0.1) is 0 Å². The van der Waals surface area contributed by atoms with E-state index in [1.807, 2.05) is 13.1 Å². The summed E-state index contributed by atoms with van der Waals surface area (Å²) in [5, 5.41) is 22.0. The number of aromatic hydroxyl groups is 1. The number of nitrogens with zero attached hydrogens (tertiary/aromatic N) is 1. The molecular formula is C18H19NO4. The van der Waals surface area contributed by atoms with Crippen LogP contribution in [0.4, 0.5) is 0 Å². The highest BCUT2D eigenvalue weighted by molar-refractivity contribution is 6.02. The molecule has 23 heavy (non-hydrogen) atoms. The monoisotopic (exact) mass is 313 g/mol. The molecule has 1 aromatic carbocycles. The van der Waals surface area contributed by atoms with Crippen molar-refractivity contribution >= 4 is 5.78 Å². The van der Waals surface area contributed by atoms with Crippen LogP contribution in [-0.4, -0.2) is 51.7 Å². The Hall–Kier alpha value is -1.85. The standard InChI is InChI=1S/C18H19NO4/c1-16-13(21)5-6-18(22)12-9-10-3-4-11(20)15(23-16)14(10)17(16,18)7-8-19(12)2/h3-6,12,20,22H,7-9H2,1-2H3/t12-,16+,17+,18-/m1/s1. The molecule has 2 aliphatic carbocycles. The van der Waals surface area contributed by atoms with Crippen LogP contribution in [0.1, 0.15) is 24.5 Å². The van der Waals surface area contributed by atoms with E-state index in [0.717, 1.165) is 17.7 Å². The molecule has 0 radical (unpaired) electrons. The number of carbonyl (C=O) groups is 1. The second-order valence-corrected chi connectivity index (χ2v) is 7.46. The molecule has 2 aliphatic heterocycles. The van der Waals surface area contributed by atoms with Gasteiger partial charge in [0.2, 0.25) is 0 Å². The Morgan fingerprint density at radius 3 is 2.96 bits per heavy atom. The van der Waals surface area contributed by atoms with Crippen LogP contribution in [0.2, 0.25) is 0 Å². The lowest BCUT2D eigenvalue weighted by Gasteiger charge is -2.62. The summed E-state index contributed by atoms with van der Waals surface area (Å²) >= 11 is 0. The van der Waals surface area contributed by atoms with E-state index < -0.39 is 16.6 Å². The maximum absolute atomic E-state index is 12.8. The molecule has 1 saturated heterocycles. The number of benzene rings is 1. The van der Waals surface area contributed by atoms with E-state index in [0.29, 0.717) is 18.6 Å². The minimum absolute atomic E-state index is 0.0429.